The Bertz CT molecular complexity index is 620. The molecule has 0 aliphatic heterocycles. The van der Waals surface area contributed by atoms with Crippen LogP contribution in [0.2, 0.25) is 0 Å². The van der Waals surface area contributed by atoms with Gasteiger partial charge in [-0.15, -0.1) is 0 Å². The van der Waals surface area contributed by atoms with E-state index in [1.807, 2.05) is 0 Å². The van der Waals surface area contributed by atoms with Crippen molar-refractivity contribution in [1.82, 2.24) is 0 Å². The predicted molar refractivity (Wildman–Crippen MR) is 124 cm³/mol. The molecular formula is C27H49NO2. The molecule has 4 saturated carbocycles. The van der Waals surface area contributed by atoms with Crippen molar-refractivity contribution in [2.24, 2.45) is 40.2 Å². The first-order valence-electron chi connectivity index (χ1n) is 13.3. The van der Waals surface area contributed by atoms with Gasteiger partial charge in [-0.3, -0.25) is 0 Å². The van der Waals surface area contributed by atoms with Crippen molar-refractivity contribution in [3.8, 4) is 0 Å². The van der Waals surface area contributed by atoms with Gasteiger partial charge in [-0.1, -0.05) is 46.5 Å². The predicted octanol–water partition coefficient (Wildman–Crippen LogP) is 5.81. The summed E-state index contributed by atoms with van der Waals surface area (Å²) in [4.78, 5) is 0. The second-order valence-electron chi connectivity index (χ2n) is 12.6. The number of hydrogen-bond donors (Lipinski definition) is 3. The van der Waals surface area contributed by atoms with E-state index in [9.17, 15) is 10.2 Å². The molecule has 3 nitrogen and oxygen atoms in total. The van der Waals surface area contributed by atoms with Crippen molar-refractivity contribution >= 4 is 0 Å². The normalized spacial score (nSPS) is 50.3. The van der Waals surface area contributed by atoms with Gasteiger partial charge in [-0.05, 0) is 106 Å². The van der Waals surface area contributed by atoms with Crippen LogP contribution in [-0.4, -0.2) is 27.5 Å². The Kier molecular flexibility index (Phi) is 6.17. The van der Waals surface area contributed by atoms with E-state index >= 15 is 0 Å². The summed E-state index contributed by atoms with van der Waals surface area (Å²) >= 11 is 0. The zero-order valence-corrected chi connectivity index (χ0v) is 20.3. The van der Waals surface area contributed by atoms with Gasteiger partial charge >= 0.3 is 0 Å². The molecular weight excluding hydrogens is 370 g/mol. The summed E-state index contributed by atoms with van der Waals surface area (Å²) in [5.74, 6) is 2.92. The van der Waals surface area contributed by atoms with Gasteiger partial charge in [0, 0.05) is 0 Å². The average molecular weight is 420 g/mol. The number of aliphatic hydroxyl groups is 2. The first-order chi connectivity index (χ1) is 14.1. The topological polar surface area (TPSA) is 66.5 Å². The highest BCUT2D eigenvalue weighted by molar-refractivity contribution is 5.21. The van der Waals surface area contributed by atoms with Gasteiger partial charge in [0.15, 0.2) is 0 Å². The first-order valence-corrected chi connectivity index (χ1v) is 13.3. The largest absolute Gasteiger partial charge is 0.393 e. The van der Waals surface area contributed by atoms with Crippen LogP contribution in [-0.2, 0) is 0 Å². The zero-order chi connectivity index (χ0) is 21.8. The van der Waals surface area contributed by atoms with Crippen molar-refractivity contribution in [3.63, 3.8) is 0 Å². The van der Waals surface area contributed by atoms with Crippen LogP contribution in [0, 0.1) is 34.5 Å². The summed E-state index contributed by atoms with van der Waals surface area (Å²) < 4.78 is 0. The van der Waals surface area contributed by atoms with E-state index in [1.54, 1.807) is 0 Å². The third kappa shape index (κ3) is 3.32. The second-order valence-corrected chi connectivity index (χ2v) is 12.6. The van der Waals surface area contributed by atoms with Crippen LogP contribution in [0.25, 0.3) is 0 Å². The Balaban J connectivity index is 1.54. The van der Waals surface area contributed by atoms with Crippen molar-refractivity contribution in [3.05, 3.63) is 0 Å². The smallest absolute Gasteiger partial charge is 0.0803 e. The molecule has 0 aromatic carbocycles. The fourth-order valence-corrected chi connectivity index (χ4v) is 9.31. The van der Waals surface area contributed by atoms with Crippen LogP contribution in [0.5, 0.6) is 0 Å². The first kappa shape index (κ1) is 23.1. The molecule has 4 unspecified atom stereocenters. The van der Waals surface area contributed by atoms with E-state index in [0.717, 1.165) is 43.9 Å². The molecule has 0 bridgehead atoms. The van der Waals surface area contributed by atoms with E-state index in [0.29, 0.717) is 17.3 Å². The van der Waals surface area contributed by atoms with Crippen LogP contribution in [0.15, 0.2) is 0 Å². The lowest BCUT2D eigenvalue weighted by atomic mass is 9.43. The van der Waals surface area contributed by atoms with Gasteiger partial charge < -0.3 is 15.9 Å². The number of aliphatic hydroxyl groups excluding tert-OH is 1. The molecule has 3 heteroatoms. The Morgan fingerprint density at radius 1 is 0.933 bits per heavy atom. The van der Waals surface area contributed by atoms with E-state index in [1.165, 1.54) is 57.8 Å². The maximum absolute atomic E-state index is 11.7. The molecule has 174 valence electrons. The number of unbranched alkanes of at least 4 members (excludes halogenated alkanes) is 3. The molecule has 0 aromatic heterocycles. The van der Waals surface area contributed by atoms with Gasteiger partial charge in [0.1, 0.15) is 0 Å². The van der Waals surface area contributed by atoms with Gasteiger partial charge in [-0.25, -0.2) is 0 Å². The summed E-state index contributed by atoms with van der Waals surface area (Å²) in [6.07, 6.45) is 16.0. The minimum Gasteiger partial charge on any atom is -0.393 e. The summed E-state index contributed by atoms with van der Waals surface area (Å²) in [6, 6.07) is 0. The number of rotatable bonds is 6. The third-order valence-corrected chi connectivity index (χ3v) is 11.4. The molecule has 0 aromatic rings. The van der Waals surface area contributed by atoms with Crippen molar-refractivity contribution < 1.29 is 10.2 Å². The van der Waals surface area contributed by atoms with Crippen LogP contribution < -0.4 is 5.73 Å². The lowest BCUT2D eigenvalue weighted by Gasteiger charge is -2.63. The van der Waals surface area contributed by atoms with E-state index in [2.05, 4.69) is 27.7 Å². The lowest BCUT2D eigenvalue weighted by Crippen LogP contribution is -2.68. The minimum absolute atomic E-state index is 0.0554. The Hall–Kier alpha value is -0.120. The monoisotopic (exact) mass is 419 g/mol. The summed E-state index contributed by atoms with van der Waals surface area (Å²) in [7, 11) is 0. The van der Waals surface area contributed by atoms with Gasteiger partial charge in [-0.2, -0.15) is 0 Å². The fraction of sp³-hybridized carbons (Fsp3) is 1.00. The molecule has 4 aliphatic carbocycles. The van der Waals surface area contributed by atoms with E-state index < -0.39 is 11.1 Å². The van der Waals surface area contributed by atoms with Crippen molar-refractivity contribution in [2.75, 3.05) is 0 Å². The van der Waals surface area contributed by atoms with E-state index in [4.69, 9.17) is 5.73 Å². The number of fused-ring (bicyclic) bond motifs is 5. The highest BCUT2D eigenvalue weighted by Crippen LogP contribution is 2.69. The summed E-state index contributed by atoms with van der Waals surface area (Å²) in [5, 5.41) is 22.0. The third-order valence-electron chi connectivity index (χ3n) is 11.4. The average Bonchev–Trinajstić information content (AvgIpc) is 2.99. The molecule has 0 saturated heterocycles. The number of hydrogen-bond acceptors (Lipinski definition) is 3. The molecule has 0 heterocycles. The molecule has 4 rings (SSSR count). The molecule has 0 spiro atoms. The molecule has 0 radical (unpaired) electrons. The zero-order valence-electron chi connectivity index (χ0n) is 20.3. The lowest BCUT2D eigenvalue weighted by molar-refractivity contribution is -0.152. The van der Waals surface area contributed by atoms with Crippen molar-refractivity contribution in [2.45, 2.75) is 135 Å². The number of nitrogens with two attached hydrogens (primary N) is 1. The Morgan fingerprint density at radius 3 is 2.40 bits per heavy atom. The van der Waals surface area contributed by atoms with Crippen LogP contribution >= 0.6 is 0 Å². The summed E-state index contributed by atoms with van der Waals surface area (Å²) in [6.45, 7) is 9.29. The van der Waals surface area contributed by atoms with Crippen LogP contribution in [0.1, 0.15) is 118 Å². The van der Waals surface area contributed by atoms with Gasteiger partial charge in [0.25, 0.3) is 0 Å². The summed E-state index contributed by atoms with van der Waals surface area (Å²) in [5.41, 5.74) is 6.50. The maximum atomic E-state index is 11.7. The standard InChI is InChI=1S/C27H49NO2/c1-5-6-7-8-14-26(4,30)27(28)17-13-23-21-10-9-19-18-20(29)11-15-24(19,2)22(21)12-16-25(23,27)3/h19-23,29-30H,5-18,28H2,1-4H3/t19?,20-,21?,22?,23?,24-,25-,26-,27+/m0/s1. The van der Waals surface area contributed by atoms with Crippen molar-refractivity contribution in [1.29, 1.82) is 0 Å². The molecule has 4 N–H and O–H groups in total. The minimum atomic E-state index is -0.771. The molecule has 9 atom stereocenters. The Morgan fingerprint density at radius 2 is 1.67 bits per heavy atom. The van der Waals surface area contributed by atoms with Crippen LogP contribution in [0.3, 0.4) is 0 Å². The molecule has 4 aliphatic rings. The highest BCUT2D eigenvalue weighted by Gasteiger charge is 2.67. The second kappa shape index (κ2) is 8.03. The molecule has 30 heavy (non-hydrogen) atoms. The van der Waals surface area contributed by atoms with Gasteiger partial charge in [0.05, 0.1) is 17.2 Å². The Labute approximate surface area is 185 Å². The van der Waals surface area contributed by atoms with Crippen LogP contribution in [0.4, 0.5) is 0 Å². The molecule has 4 fully saturated rings. The van der Waals surface area contributed by atoms with Gasteiger partial charge in [0.2, 0.25) is 0 Å². The SMILES string of the molecule is CCCCCC[C@](C)(O)[C@@]1(N)CCC2C3CCC4C[C@@H](O)CC[C@]4(C)C3CC[C@@]21C. The maximum Gasteiger partial charge on any atom is 0.0803 e. The molecule has 0 amide bonds. The highest BCUT2D eigenvalue weighted by atomic mass is 16.3. The quantitative estimate of drug-likeness (QED) is 0.476. The van der Waals surface area contributed by atoms with E-state index in [-0.39, 0.29) is 11.5 Å². The fourth-order valence-electron chi connectivity index (χ4n) is 9.31.